The summed E-state index contributed by atoms with van der Waals surface area (Å²) >= 11 is 0. The van der Waals surface area contributed by atoms with Gasteiger partial charge in [-0.15, -0.1) is 0 Å². The zero-order valence-electron chi connectivity index (χ0n) is 10.5. The van der Waals surface area contributed by atoms with Crippen molar-refractivity contribution >= 4 is 5.97 Å². The quantitative estimate of drug-likeness (QED) is 0.752. The Morgan fingerprint density at radius 2 is 2.06 bits per heavy atom. The molecule has 0 N–H and O–H groups in total. The smallest absolute Gasteiger partial charge is 0.356 e. The van der Waals surface area contributed by atoms with E-state index in [1.807, 2.05) is 0 Å². The van der Waals surface area contributed by atoms with Crippen LogP contribution in [0, 0.1) is 0 Å². The molecule has 0 radical (unpaired) electrons. The number of methoxy groups -OCH3 is 2. The highest BCUT2D eigenvalue weighted by molar-refractivity contribution is 5.87. The molecule has 1 aliphatic heterocycles. The number of ether oxygens (including phenoxy) is 3. The highest BCUT2D eigenvalue weighted by Crippen LogP contribution is 2.25. The summed E-state index contributed by atoms with van der Waals surface area (Å²) in [6, 6.07) is 1.48. The maximum atomic E-state index is 11.5. The van der Waals surface area contributed by atoms with E-state index in [0.717, 1.165) is 12.8 Å². The van der Waals surface area contributed by atoms with E-state index in [1.54, 1.807) is 0 Å². The van der Waals surface area contributed by atoms with Gasteiger partial charge in [0, 0.05) is 25.2 Å². The molecule has 0 saturated carbocycles. The maximum absolute atomic E-state index is 11.5. The van der Waals surface area contributed by atoms with Crippen LogP contribution in [0.25, 0.3) is 0 Å². The van der Waals surface area contributed by atoms with Crippen LogP contribution < -0.4 is 4.74 Å². The average Bonchev–Trinajstić information content (AvgIpc) is 2.46. The first kappa shape index (κ1) is 12.8. The van der Waals surface area contributed by atoms with Crippen LogP contribution in [-0.2, 0) is 9.47 Å². The summed E-state index contributed by atoms with van der Waals surface area (Å²) in [6.45, 7) is 1.39. The molecule has 0 amide bonds. The Kier molecular flexibility index (Phi) is 4.09. The van der Waals surface area contributed by atoms with Gasteiger partial charge in [-0.25, -0.2) is 9.78 Å². The van der Waals surface area contributed by atoms with Crippen molar-refractivity contribution < 1.29 is 19.0 Å². The lowest BCUT2D eigenvalue weighted by molar-refractivity contribution is 0.0591. The van der Waals surface area contributed by atoms with Crippen LogP contribution in [0.5, 0.6) is 5.88 Å². The van der Waals surface area contributed by atoms with Crippen molar-refractivity contribution in [2.75, 3.05) is 27.4 Å². The Bertz CT molecular complexity index is 430. The summed E-state index contributed by atoms with van der Waals surface area (Å²) in [5.41, 5.74) is 0.228. The maximum Gasteiger partial charge on any atom is 0.356 e. The van der Waals surface area contributed by atoms with Crippen molar-refractivity contribution in [3.8, 4) is 5.88 Å². The molecule has 98 valence electrons. The first-order chi connectivity index (χ1) is 8.74. The molecule has 0 unspecified atom stereocenters. The predicted molar refractivity (Wildman–Crippen MR) is 62.7 cm³/mol. The average molecular weight is 252 g/mol. The second-order valence-corrected chi connectivity index (χ2v) is 4.03. The Hall–Kier alpha value is -1.69. The van der Waals surface area contributed by atoms with Crippen molar-refractivity contribution in [2.24, 2.45) is 0 Å². The second-order valence-electron chi connectivity index (χ2n) is 4.03. The van der Waals surface area contributed by atoms with Crippen LogP contribution in [0.3, 0.4) is 0 Å². The normalized spacial score (nSPS) is 16.3. The van der Waals surface area contributed by atoms with E-state index in [4.69, 9.17) is 9.47 Å². The minimum atomic E-state index is -0.482. The molecule has 0 atom stereocenters. The Morgan fingerprint density at radius 3 is 2.67 bits per heavy atom. The third-order valence-electron chi connectivity index (χ3n) is 2.91. The van der Waals surface area contributed by atoms with E-state index in [0.29, 0.717) is 24.9 Å². The van der Waals surface area contributed by atoms with Gasteiger partial charge in [0.05, 0.1) is 14.2 Å². The van der Waals surface area contributed by atoms with Gasteiger partial charge in [-0.3, -0.25) is 0 Å². The lowest BCUT2D eigenvalue weighted by Crippen LogP contribution is -2.18. The van der Waals surface area contributed by atoms with Gasteiger partial charge in [0.15, 0.2) is 5.69 Å². The molecule has 1 fully saturated rings. The van der Waals surface area contributed by atoms with E-state index in [9.17, 15) is 4.79 Å². The second kappa shape index (κ2) is 5.77. The summed E-state index contributed by atoms with van der Waals surface area (Å²) in [6.07, 6.45) is 1.71. The number of esters is 1. The summed E-state index contributed by atoms with van der Waals surface area (Å²) < 4.78 is 15.1. The molecular weight excluding hydrogens is 236 g/mol. The van der Waals surface area contributed by atoms with Crippen molar-refractivity contribution in [3.05, 3.63) is 17.6 Å². The molecule has 2 rings (SSSR count). The molecule has 1 aromatic rings. The summed E-state index contributed by atoms with van der Waals surface area (Å²) in [5.74, 6) is 0.728. The topological polar surface area (TPSA) is 70.5 Å². The van der Waals surface area contributed by atoms with Gasteiger partial charge < -0.3 is 14.2 Å². The molecule has 18 heavy (non-hydrogen) atoms. The predicted octanol–water partition coefficient (Wildman–Crippen LogP) is 1.17. The van der Waals surface area contributed by atoms with Crippen LogP contribution in [0.15, 0.2) is 6.07 Å². The number of hydrogen-bond acceptors (Lipinski definition) is 6. The van der Waals surface area contributed by atoms with Gasteiger partial charge in [0.2, 0.25) is 5.88 Å². The fraction of sp³-hybridized carbons (Fsp3) is 0.583. The van der Waals surface area contributed by atoms with E-state index in [1.165, 1.54) is 20.3 Å². The third-order valence-corrected chi connectivity index (χ3v) is 2.91. The molecule has 6 heteroatoms. The fourth-order valence-corrected chi connectivity index (χ4v) is 1.89. The van der Waals surface area contributed by atoms with E-state index in [2.05, 4.69) is 14.7 Å². The molecule has 1 saturated heterocycles. The molecular formula is C12H16N2O4. The molecule has 6 nitrogen and oxygen atoms in total. The standard InChI is InChI=1S/C12H16N2O4/c1-16-10-7-9(12(15)17-2)13-11(14-10)8-3-5-18-6-4-8/h7-8H,3-6H2,1-2H3. The SMILES string of the molecule is COC(=O)c1cc(OC)nc(C2CCOCC2)n1. The molecule has 2 heterocycles. The van der Waals surface area contributed by atoms with Crippen LogP contribution in [0.4, 0.5) is 0 Å². The largest absolute Gasteiger partial charge is 0.481 e. The van der Waals surface area contributed by atoms with Crippen molar-refractivity contribution in [3.63, 3.8) is 0 Å². The van der Waals surface area contributed by atoms with Gasteiger partial charge in [-0.05, 0) is 12.8 Å². The number of carbonyl (C=O) groups excluding carboxylic acids is 1. The number of aromatic nitrogens is 2. The molecule has 1 aromatic heterocycles. The summed E-state index contributed by atoms with van der Waals surface area (Å²) in [7, 11) is 2.84. The zero-order chi connectivity index (χ0) is 13.0. The van der Waals surface area contributed by atoms with Crippen molar-refractivity contribution in [2.45, 2.75) is 18.8 Å². The van der Waals surface area contributed by atoms with E-state index < -0.39 is 5.97 Å². The first-order valence-electron chi connectivity index (χ1n) is 5.83. The van der Waals surface area contributed by atoms with Gasteiger partial charge in [0.1, 0.15) is 5.82 Å². The minimum Gasteiger partial charge on any atom is -0.481 e. The molecule has 0 spiro atoms. The fourth-order valence-electron chi connectivity index (χ4n) is 1.89. The monoisotopic (exact) mass is 252 g/mol. The summed E-state index contributed by atoms with van der Waals surface area (Å²) in [5, 5.41) is 0. The van der Waals surface area contributed by atoms with Gasteiger partial charge in [-0.2, -0.15) is 4.98 Å². The van der Waals surface area contributed by atoms with Gasteiger partial charge in [-0.1, -0.05) is 0 Å². The Labute approximate surface area is 105 Å². The first-order valence-corrected chi connectivity index (χ1v) is 5.83. The van der Waals surface area contributed by atoms with Crippen LogP contribution in [0.1, 0.15) is 35.1 Å². The van der Waals surface area contributed by atoms with E-state index in [-0.39, 0.29) is 11.6 Å². The molecule has 1 aliphatic rings. The number of nitrogens with zero attached hydrogens (tertiary/aromatic N) is 2. The summed E-state index contributed by atoms with van der Waals surface area (Å²) in [4.78, 5) is 20.1. The number of carbonyl (C=O) groups is 1. The Balaban J connectivity index is 2.30. The number of rotatable bonds is 3. The van der Waals surface area contributed by atoms with Crippen LogP contribution in [0.2, 0.25) is 0 Å². The highest BCUT2D eigenvalue weighted by atomic mass is 16.5. The van der Waals surface area contributed by atoms with Crippen LogP contribution >= 0.6 is 0 Å². The number of hydrogen-bond donors (Lipinski definition) is 0. The minimum absolute atomic E-state index is 0.206. The van der Waals surface area contributed by atoms with Gasteiger partial charge >= 0.3 is 5.97 Å². The van der Waals surface area contributed by atoms with Crippen molar-refractivity contribution in [1.82, 2.24) is 9.97 Å². The zero-order valence-corrected chi connectivity index (χ0v) is 10.5. The lowest BCUT2D eigenvalue weighted by atomic mass is 9.99. The van der Waals surface area contributed by atoms with Crippen LogP contribution in [-0.4, -0.2) is 43.4 Å². The van der Waals surface area contributed by atoms with Crippen molar-refractivity contribution in [1.29, 1.82) is 0 Å². The van der Waals surface area contributed by atoms with Gasteiger partial charge in [0.25, 0.3) is 0 Å². The molecule has 0 bridgehead atoms. The third kappa shape index (κ3) is 2.76. The molecule has 0 aromatic carbocycles. The highest BCUT2D eigenvalue weighted by Gasteiger charge is 2.21. The van der Waals surface area contributed by atoms with E-state index >= 15 is 0 Å². The Morgan fingerprint density at radius 1 is 1.33 bits per heavy atom. The lowest BCUT2D eigenvalue weighted by Gasteiger charge is -2.21. The molecule has 0 aliphatic carbocycles.